The largest absolute Gasteiger partial charge is 0.472 e. The molecule has 1 rings (SSSR count). The van der Waals surface area contributed by atoms with E-state index in [-0.39, 0.29) is 12.8 Å². The number of aliphatic hydroxyl groups excluding tert-OH is 5. The first-order valence-corrected chi connectivity index (χ1v) is 20.8. The van der Waals surface area contributed by atoms with E-state index in [1.54, 1.807) is 0 Å². The zero-order chi connectivity index (χ0) is 37.2. The molecule has 14 heteroatoms. The van der Waals surface area contributed by atoms with Crippen LogP contribution in [0.2, 0.25) is 0 Å². The monoisotopic (exact) mass is 740 g/mol. The molecule has 0 spiro atoms. The van der Waals surface area contributed by atoms with Crippen molar-refractivity contribution in [2.75, 3.05) is 13.2 Å². The van der Waals surface area contributed by atoms with E-state index in [1.807, 2.05) is 0 Å². The molecule has 1 saturated carbocycles. The maximum Gasteiger partial charge on any atom is 0.472 e. The molecule has 6 unspecified atom stereocenters. The van der Waals surface area contributed by atoms with Crippen LogP contribution in [-0.4, -0.2) is 98.3 Å². The van der Waals surface area contributed by atoms with Gasteiger partial charge in [0.15, 0.2) is 6.10 Å². The molecular weight excluding hydrogens is 671 g/mol. The second kappa shape index (κ2) is 28.4. The number of phosphoric acid groups is 1. The first kappa shape index (κ1) is 46.9. The van der Waals surface area contributed by atoms with Crippen molar-refractivity contribution in [3.05, 3.63) is 0 Å². The maximum atomic E-state index is 12.7. The minimum atomic E-state index is -5.10. The summed E-state index contributed by atoms with van der Waals surface area (Å²) in [5.41, 5.74) is 0. The summed E-state index contributed by atoms with van der Waals surface area (Å²) < 4.78 is 33.2. The standard InChI is InChI=1S/C36H69O13P/c1-3-5-7-9-11-13-14-15-16-17-19-21-23-25-30(38)48-28(26-46-29(37)24-22-20-18-12-10-8-6-4-2)27-47-50(44,45)49-36-34(42)32(40)31(39)33(41)35(36)43/h28,31-36,39-43H,3-27H2,1-2H3,(H,44,45)/t28-,31?,32-,33?,34?,35?,36?/m1/s1. The Balaban J connectivity index is 2.53. The van der Waals surface area contributed by atoms with E-state index in [0.717, 1.165) is 38.5 Å². The Morgan fingerprint density at radius 1 is 0.540 bits per heavy atom. The van der Waals surface area contributed by atoms with Gasteiger partial charge in [-0.1, -0.05) is 136 Å². The van der Waals surface area contributed by atoms with Gasteiger partial charge < -0.3 is 39.9 Å². The lowest BCUT2D eigenvalue weighted by Crippen LogP contribution is -2.64. The molecule has 0 heterocycles. The molecule has 0 saturated heterocycles. The Bertz CT molecular complexity index is 906. The summed E-state index contributed by atoms with van der Waals surface area (Å²) in [6.07, 6.45) is 10.5. The fraction of sp³-hybridized carbons (Fsp3) is 0.944. The molecule has 0 radical (unpaired) electrons. The summed E-state index contributed by atoms with van der Waals surface area (Å²) in [5, 5.41) is 49.8. The molecule has 13 nitrogen and oxygen atoms in total. The van der Waals surface area contributed by atoms with E-state index in [1.165, 1.54) is 83.5 Å². The summed E-state index contributed by atoms with van der Waals surface area (Å²) in [5.74, 6) is -1.10. The van der Waals surface area contributed by atoms with Gasteiger partial charge in [-0.15, -0.1) is 0 Å². The van der Waals surface area contributed by atoms with Crippen LogP contribution in [-0.2, 0) is 32.7 Å². The van der Waals surface area contributed by atoms with Crippen LogP contribution in [0.15, 0.2) is 0 Å². The summed E-state index contributed by atoms with van der Waals surface area (Å²) in [4.78, 5) is 35.3. The number of carbonyl (C=O) groups excluding carboxylic acids is 2. The van der Waals surface area contributed by atoms with E-state index in [9.17, 15) is 44.6 Å². The minimum Gasteiger partial charge on any atom is -0.462 e. The van der Waals surface area contributed by atoms with Crippen LogP contribution in [0, 0.1) is 0 Å². The first-order valence-electron chi connectivity index (χ1n) is 19.3. The number of unbranched alkanes of at least 4 members (excludes halogenated alkanes) is 19. The Morgan fingerprint density at radius 3 is 1.32 bits per heavy atom. The fourth-order valence-corrected chi connectivity index (χ4v) is 6.96. The normalized spacial score (nSPS) is 24.1. The van der Waals surface area contributed by atoms with Gasteiger partial charge >= 0.3 is 19.8 Å². The maximum absolute atomic E-state index is 12.7. The van der Waals surface area contributed by atoms with Gasteiger partial charge in [0.05, 0.1) is 6.61 Å². The van der Waals surface area contributed by atoms with Crippen LogP contribution in [0.1, 0.15) is 162 Å². The van der Waals surface area contributed by atoms with Gasteiger partial charge in [-0.2, -0.15) is 0 Å². The number of hydrogen-bond donors (Lipinski definition) is 6. The Hall–Kier alpha value is -1.15. The zero-order valence-corrected chi connectivity index (χ0v) is 31.6. The van der Waals surface area contributed by atoms with Crippen molar-refractivity contribution >= 4 is 19.8 Å². The van der Waals surface area contributed by atoms with E-state index in [0.29, 0.717) is 12.8 Å². The molecule has 1 fully saturated rings. The summed E-state index contributed by atoms with van der Waals surface area (Å²) >= 11 is 0. The van der Waals surface area contributed by atoms with Gasteiger partial charge in [0.2, 0.25) is 0 Å². The van der Waals surface area contributed by atoms with Gasteiger partial charge in [-0.3, -0.25) is 18.6 Å². The quantitative estimate of drug-likeness (QED) is 0.0284. The SMILES string of the molecule is CCCCCCCCCCCCCCCC(=O)O[C@H](COC(=O)CCCCCCCCCC)COP(=O)(O)OC1C(O)C(O)C(O)[C@@H](O)C1O. The highest BCUT2D eigenvalue weighted by atomic mass is 31.2. The molecule has 6 N–H and O–H groups in total. The number of esters is 2. The number of carbonyl (C=O) groups is 2. The molecule has 0 aliphatic heterocycles. The third-order valence-corrected chi connectivity index (χ3v) is 10.2. The second-order valence-corrected chi connectivity index (χ2v) is 15.2. The van der Waals surface area contributed by atoms with Gasteiger partial charge in [-0.25, -0.2) is 4.57 Å². The van der Waals surface area contributed by atoms with Crippen molar-refractivity contribution in [1.29, 1.82) is 0 Å². The van der Waals surface area contributed by atoms with E-state index >= 15 is 0 Å². The number of ether oxygens (including phenoxy) is 2. The van der Waals surface area contributed by atoms with Crippen LogP contribution in [0.4, 0.5) is 0 Å². The van der Waals surface area contributed by atoms with Crippen LogP contribution >= 0.6 is 7.82 Å². The molecular formula is C36H69O13P. The molecule has 0 amide bonds. The molecule has 0 bridgehead atoms. The Kier molecular flexibility index (Phi) is 26.6. The number of phosphoric ester groups is 1. The second-order valence-electron chi connectivity index (χ2n) is 13.8. The van der Waals surface area contributed by atoms with Gasteiger partial charge in [0.1, 0.15) is 43.2 Å². The van der Waals surface area contributed by atoms with Crippen molar-refractivity contribution < 1.29 is 63.1 Å². The lowest BCUT2D eigenvalue weighted by molar-refractivity contribution is -0.220. The van der Waals surface area contributed by atoms with E-state index in [2.05, 4.69) is 13.8 Å². The third kappa shape index (κ3) is 21.4. The van der Waals surface area contributed by atoms with Crippen molar-refractivity contribution in [3.63, 3.8) is 0 Å². The van der Waals surface area contributed by atoms with E-state index in [4.69, 9.17) is 18.5 Å². The van der Waals surface area contributed by atoms with Crippen molar-refractivity contribution in [2.24, 2.45) is 0 Å². The summed E-state index contributed by atoms with van der Waals surface area (Å²) in [6, 6.07) is 0. The Morgan fingerprint density at radius 2 is 0.900 bits per heavy atom. The van der Waals surface area contributed by atoms with Crippen LogP contribution < -0.4 is 0 Å². The predicted molar refractivity (Wildman–Crippen MR) is 189 cm³/mol. The highest BCUT2D eigenvalue weighted by molar-refractivity contribution is 7.47. The topological polar surface area (TPSA) is 210 Å². The van der Waals surface area contributed by atoms with Crippen LogP contribution in [0.25, 0.3) is 0 Å². The van der Waals surface area contributed by atoms with Crippen molar-refractivity contribution in [2.45, 2.75) is 204 Å². The lowest BCUT2D eigenvalue weighted by atomic mass is 9.85. The van der Waals surface area contributed by atoms with Gasteiger partial charge in [-0.05, 0) is 12.8 Å². The van der Waals surface area contributed by atoms with E-state index < -0.39 is 75.7 Å². The molecule has 0 aromatic rings. The zero-order valence-electron chi connectivity index (χ0n) is 30.7. The molecule has 1 aliphatic rings. The smallest absolute Gasteiger partial charge is 0.462 e. The van der Waals surface area contributed by atoms with Gasteiger partial charge in [0, 0.05) is 12.8 Å². The average molecular weight is 741 g/mol. The predicted octanol–water partition coefficient (Wildman–Crippen LogP) is 5.77. The molecule has 0 aromatic carbocycles. The molecule has 0 aromatic heterocycles. The molecule has 8 atom stereocenters. The van der Waals surface area contributed by atoms with Crippen molar-refractivity contribution in [1.82, 2.24) is 0 Å². The van der Waals surface area contributed by atoms with Gasteiger partial charge in [0.25, 0.3) is 0 Å². The third-order valence-electron chi connectivity index (χ3n) is 9.20. The highest BCUT2D eigenvalue weighted by Crippen LogP contribution is 2.47. The molecule has 50 heavy (non-hydrogen) atoms. The Labute approximate surface area is 300 Å². The highest BCUT2D eigenvalue weighted by Gasteiger charge is 2.51. The summed E-state index contributed by atoms with van der Waals surface area (Å²) in [6.45, 7) is 3.23. The average Bonchev–Trinajstić information content (AvgIpc) is 3.09. The van der Waals surface area contributed by atoms with Crippen LogP contribution in [0.3, 0.4) is 0 Å². The lowest BCUT2D eigenvalue weighted by Gasteiger charge is -2.41. The fourth-order valence-electron chi connectivity index (χ4n) is 5.99. The minimum absolute atomic E-state index is 0.103. The number of hydrogen-bond acceptors (Lipinski definition) is 12. The number of aliphatic hydroxyl groups is 5. The van der Waals surface area contributed by atoms with Crippen molar-refractivity contribution in [3.8, 4) is 0 Å². The molecule has 296 valence electrons. The molecule has 1 aliphatic carbocycles. The summed E-state index contributed by atoms with van der Waals surface area (Å²) in [7, 11) is -5.10. The number of rotatable bonds is 31. The van der Waals surface area contributed by atoms with Crippen LogP contribution in [0.5, 0.6) is 0 Å². The first-order chi connectivity index (χ1) is 23.9.